The number of thiophene rings is 1. The van der Waals surface area contributed by atoms with Crippen molar-refractivity contribution < 1.29 is 0 Å². The van der Waals surface area contributed by atoms with Gasteiger partial charge in [-0.25, -0.2) is 4.98 Å². The van der Waals surface area contributed by atoms with Crippen LogP contribution in [-0.2, 0) is 19.5 Å². The highest BCUT2D eigenvalue weighted by molar-refractivity contribution is 7.10. The number of thiazole rings is 1. The first-order chi connectivity index (χ1) is 12.6. The van der Waals surface area contributed by atoms with Crippen LogP contribution in [0.1, 0.15) is 47.8 Å². The van der Waals surface area contributed by atoms with Crippen LogP contribution in [-0.4, -0.2) is 42.0 Å². The van der Waals surface area contributed by atoms with E-state index in [1.807, 2.05) is 18.4 Å². The molecule has 0 aliphatic carbocycles. The summed E-state index contributed by atoms with van der Waals surface area (Å²) in [6.07, 6.45) is 1.17. The maximum atomic E-state index is 4.67. The Morgan fingerprint density at radius 1 is 1.31 bits per heavy atom. The van der Waals surface area contributed by atoms with Gasteiger partial charge in [0.25, 0.3) is 0 Å². The first-order valence-electron chi connectivity index (χ1n) is 9.25. The van der Waals surface area contributed by atoms with Crippen molar-refractivity contribution >= 4 is 28.6 Å². The molecule has 0 spiro atoms. The Morgan fingerprint density at radius 2 is 2.15 bits per heavy atom. The average Bonchev–Trinajstić information content (AvgIpc) is 3.30. The van der Waals surface area contributed by atoms with Crippen molar-refractivity contribution in [3.8, 4) is 0 Å². The van der Waals surface area contributed by atoms with Crippen molar-refractivity contribution in [2.24, 2.45) is 4.99 Å². The van der Waals surface area contributed by atoms with Crippen LogP contribution in [0.5, 0.6) is 0 Å². The van der Waals surface area contributed by atoms with Crippen LogP contribution in [0.15, 0.2) is 21.8 Å². The van der Waals surface area contributed by atoms with Crippen molar-refractivity contribution in [1.29, 1.82) is 0 Å². The summed E-state index contributed by atoms with van der Waals surface area (Å²) in [5.41, 5.74) is 2.67. The third-order valence-corrected chi connectivity index (χ3v) is 6.71. The minimum Gasteiger partial charge on any atom is -0.355 e. The molecule has 3 rings (SSSR count). The van der Waals surface area contributed by atoms with Crippen molar-refractivity contribution in [3.63, 3.8) is 0 Å². The van der Waals surface area contributed by atoms with Gasteiger partial charge < -0.3 is 10.6 Å². The molecule has 0 saturated heterocycles. The number of aromatic nitrogens is 1. The van der Waals surface area contributed by atoms with Crippen molar-refractivity contribution in [1.82, 2.24) is 20.5 Å². The molecule has 0 saturated carbocycles. The number of hydrogen-bond donors (Lipinski definition) is 2. The second kappa shape index (κ2) is 8.97. The van der Waals surface area contributed by atoms with E-state index in [0.717, 1.165) is 30.6 Å². The third-order valence-electron chi connectivity index (χ3n) is 4.82. The molecule has 7 heteroatoms. The van der Waals surface area contributed by atoms with E-state index in [4.69, 9.17) is 0 Å². The Bertz CT molecular complexity index is 734. The Labute approximate surface area is 164 Å². The molecule has 0 fully saturated rings. The lowest BCUT2D eigenvalue weighted by Crippen LogP contribution is -2.47. The molecule has 2 aromatic heterocycles. The number of fused-ring (bicyclic) bond motifs is 1. The molecule has 1 unspecified atom stereocenters. The van der Waals surface area contributed by atoms with Gasteiger partial charge in [0.05, 0.1) is 12.2 Å². The Kier molecular flexibility index (Phi) is 6.67. The highest BCUT2D eigenvalue weighted by atomic mass is 32.1. The Morgan fingerprint density at radius 3 is 2.88 bits per heavy atom. The van der Waals surface area contributed by atoms with Gasteiger partial charge in [-0.2, -0.15) is 0 Å². The topological polar surface area (TPSA) is 52.6 Å². The van der Waals surface area contributed by atoms with E-state index in [9.17, 15) is 0 Å². The van der Waals surface area contributed by atoms with E-state index >= 15 is 0 Å². The summed E-state index contributed by atoms with van der Waals surface area (Å²) in [4.78, 5) is 13.1. The molecule has 1 atom stereocenters. The number of rotatable bonds is 6. The molecule has 1 aliphatic heterocycles. The van der Waals surface area contributed by atoms with E-state index < -0.39 is 0 Å². The fraction of sp³-hybridized carbons (Fsp3) is 0.579. The third kappa shape index (κ3) is 4.84. The first kappa shape index (κ1) is 19.3. The zero-order valence-corrected chi connectivity index (χ0v) is 17.7. The maximum Gasteiger partial charge on any atom is 0.191 e. The summed E-state index contributed by atoms with van der Waals surface area (Å²) in [6.45, 7) is 10.4. The number of nitrogens with one attached hydrogen (secondary N) is 2. The van der Waals surface area contributed by atoms with Crippen LogP contribution in [0.4, 0.5) is 0 Å². The van der Waals surface area contributed by atoms with Crippen molar-refractivity contribution in [3.05, 3.63) is 38.0 Å². The van der Waals surface area contributed by atoms with Gasteiger partial charge in [-0.1, -0.05) is 13.8 Å². The second-order valence-corrected chi connectivity index (χ2v) is 9.01. The SMILES string of the molecule is CN=C(NCc1nc(C(C)C)cs1)NCC(C)N1CCc2sccc2C1. The van der Waals surface area contributed by atoms with Crippen LogP contribution in [0, 0.1) is 0 Å². The second-order valence-electron chi connectivity index (χ2n) is 7.07. The van der Waals surface area contributed by atoms with Gasteiger partial charge >= 0.3 is 0 Å². The smallest absolute Gasteiger partial charge is 0.191 e. The molecule has 0 amide bonds. The lowest BCUT2D eigenvalue weighted by atomic mass is 10.1. The van der Waals surface area contributed by atoms with Gasteiger partial charge in [0.2, 0.25) is 0 Å². The minimum absolute atomic E-state index is 0.467. The van der Waals surface area contributed by atoms with Gasteiger partial charge in [0.15, 0.2) is 5.96 Å². The summed E-state index contributed by atoms with van der Waals surface area (Å²) < 4.78 is 0. The normalized spacial score (nSPS) is 16.6. The first-order valence-corrected chi connectivity index (χ1v) is 11.0. The number of nitrogens with zero attached hydrogens (tertiary/aromatic N) is 3. The van der Waals surface area contributed by atoms with E-state index in [-0.39, 0.29) is 0 Å². The fourth-order valence-electron chi connectivity index (χ4n) is 3.07. The number of hydrogen-bond acceptors (Lipinski definition) is 5. The van der Waals surface area contributed by atoms with E-state index in [1.165, 1.54) is 17.7 Å². The zero-order valence-electron chi connectivity index (χ0n) is 16.1. The van der Waals surface area contributed by atoms with Gasteiger partial charge in [-0.3, -0.25) is 9.89 Å². The standard InChI is InChI=1S/C19H29N5S2/c1-13(2)16-12-26-18(23-16)10-22-19(20-4)21-9-14(3)24-7-5-17-15(11-24)6-8-25-17/h6,8,12-14H,5,7,9-11H2,1-4H3,(H2,20,21,22). The molecule has 3 heterocycles. The summed E-state index contributed by atoms with van der Waals surface area (Å²) in [7, 11) is 1.82. The Balaban J connectivity index is 1.45. The lowest BCUT2D eigenvalue weighted by Gasteiger charge is -2.32. The molecule has 5 nitrogen and oxygen atoms in total. The molecular weight excluding hydrogens is 362 g/mol. The molecular formula is C19H29N5S2. The quantitative estimate of drug-likeness (QED) is 0.585. The highest BCUT2D eigenvalue weighted by Crippen LogP contribution is 2.25. The molecule has 26 heavy (non-hydrogen) atoms. The van der Waals surface area contributed by atoms with Crippen LogP contribution in [0.2, 0.25) is 0 Å². The molecule has 0 radical (unpaired) electrons. The number of guanidine groups is 1. The van der Waals surface area contributed by atoms with Crippen molar-refractivity contribution in [2.45, 2.75) is 52.2 Å². The van der Waals surface area contributed by atoms with Crippen LogP contribution in [0.25, 0.3) is 0 Å². The average molecular weight is 392 g/mol. The summed E-state index contributed by atoms with van der Waals surface area (Å²) in [5, 5.41) is 12.3. The number of aliphatic imine (C=N–C) groups is 1. The molecule has 1 aliphatic rings. The highest BCUT2D eigenvalue weighted by Gasteiger charge is 2.21. The van der Waals surface area contributed by atoms with Crippen LogP contribution in [0.3, 0.4) is 0 Å². The predicted octanol–water partition coefficient (Wildman–Crippen LogP) is 3.44. The van der Waals surface area contributed by atoms with E-state index in [1.54, 1.807) is 16.2 Å². The molecule has 0 bridgehead atoms. The zero-order chi connectivity index (χ0) is 18.5. The summed E-state index contributed by atoms with van der Waals surface area (Å²) in [5.74, 6) is 1.32. The minimum atomic E-state index is 0.467. The monoisotopic (exact) mass is 391 g/mol. The summed E-state index contributed by atoms with van der Waals surface area (Å²) in [6, 6.07) is 2.74. The van der Waals surface area contributed by atoms with Crippen molar-refractivity contribution in [2.75, 3.05) is 20.1 Å². The van der Waals surface area contributed by atoms with E-state index in [0.29, 0.717) is 18.5 Å². The van der Waals surface area contributed by atoms with Gasteiger partial charge in [0, 0.05) is 43.0 Å². The van der Waals surface area contributed by atoms with E-state index in [2.05, 4.69) is 63.1 Å². The summed E-state index contributed by atoms with van der Waals surface area (Å²) >= 11 is 3.60. The van der Waals surface area contributed by atoms with Gasteiger partial charge in [0.1, 0.15) is 5.01 Å². The lowest BCUT2D eigenvalue weighted by molar-refractivity contribution is 0.192. The fourth-order valence-corrected chi connectivity index (χ4v) is 4.86. The molecule has 0 aromatic carbocycles. The van der Waals surface area contributed by atoms with Gasteiger partial charge in [-0.05, 0) is 36.3 Å². The van der Waals surface area contributed by atoms with Crippen LogP contribution < -0.4 is 10.6 Å². The predicted molar refractivity (Wildman–Crippen MR) is 112 cm³/mol. The molecule has 2 aromatic rings. The maximum absolute atomic E-state index is 4.67. The van der Waals surface area contributed by atoms with Crippen LogP contribution >= 0.6 is 22.7 Å². The van der Waals surface area contributed by atoms with Gasteiger partial charge in [-0.15, -0.1) is 22.7 Å². The molecule has 142 valence electrons. The molecule has 2 N–H and O–H groups in total. The largest absolute Gasteiger partial charge is 0.355 e. The Hall–Kier alpha value is -1.44.